The van der Waals surface area contributed by atoms with E-state index in [0.29, 0.717) is 22.7 Å². The lowest BCUT2D eigenvalue weighted by Crippen LogP contribution is -2.24. The molecule has 0 aromatic carbocycles. The summed E-state index contributed by atoms with van der Waals surface area (Å²) in [5.41, 5.74) is 0.585. The van der Waals surface area contributed by atoms with Crippen LogP contribution >= 0.6 is 0 Å². The molecule has 0 saturated heterocycles. The van der Waals surface area contributed by atoms with E-state index in [1.807, 2.05) is 0 Å². The molecule has 0 atom stereocenters. The number of hydrogen-bond donors (Lipinski definition) is 2. The minimum absolute atomic E-state index is 0.403. The first-order chi connectivity index (χ1) is 8.11. The van der Waals surface area contributed by atoms with Crippen molar-refractivity contribution in [2.75, 3.05) is 7.11 Å². The number of nitrogens with zero attached hydrogens (tertiary/aromatic N) is 1. The van der Waals surface area contributed by atoms with E-state index in [0.717, 1.165) is 0 Å². The molecule has 2 rings (SSSR count). The second-order valence-corrected chi connectivity index (χ2v) is 3.50. The maximum Gasteiger partial charge on any atom is 0.325 e. The van der Waals surface area contributed by atoms with Gasteiger partial charge in [-0.2, -0.15) is 0 Å². The lowest BCUT2D eigenvalue weighted by Gasteiger charge is -2.04. The summed E-state index contributed by atoms with van der Waals surface area (Å²) in [6, 6.07) is 3.36. The molecule has 2 aromatic rings. The molecule has 2 N–H and O–H groups in total. The predicted molar refractivity (Wildman–Crippen MR) is 62.2 cm³/mol. The van der Waals surface area contributed by atoms with E-state index in [-0.39, 0.29) is 0 Å². The molecule has 0 amide bonds. The van der Waals surface area contributed by atoms with Gasteiger partial charge in [-0.15, -0.1) is 0 Å². The first-order valence-electron chi connectivity index (χ1n) is 4.95. The normalized spacial score (nSPS) is 10.2. The van der Waals surface area contributed by atoms with Gasteiger partial charge in [0, 0.05) is 23.5 Å². The summed E-state index contributed by atoms with van der Waals surface area (Å²) < 4.78 is 4.93. The molecule has 0 bridgehead atoms. The molecule has 0 radical (unpaired) electrons. The van der Waals surface area contributed by atoms with Crippen molar-refractivity contribution in [3.63, 3.8) is 0 Å². The molecular weight excluding hydrogens is 222 g/mol. The number of aromatic amines is 2. The highest BCUT2D eigenvalue weighted by Crippen LogP contribution is 2.17. The predicted octanol–water partition coefficient (Wildman–Crippen LogP) is 0.442. The Morgan fingerprint density at radius 3 is 2.53 bits per heavy atom. The molecular formula is C11H11N3O3. The Labute approximate surface area is 96.3 Å². The summed E-state index contributed by atoms with van der Waals surface area (Å²) >= 11 is 0. The van der Waals surface area contributed by atoms with Gasteiger partial charge in [-0.05, 0) is 13.0 Å². The molecule has 0 saturated carbocycles. The van der Waals surface area contributed by atoms with Crippen molar-refractivity contribution in [1.29, 1.82) is 0 Å². The summed E-state index contributed by atoms with van der Waals surface area (Å²) in [6.45, 7) is 1.66. The van der Waals surface area contributed by atoms with E-state index in [2.05, 4.69) is 15.0 Å². The van der Waals surface area contributed by atoms with Crippen molar-refractivity contribution in [3.8, 4) is 17.0 Å². The summed E-state index contributed by atoms with van der Waals surface area (Å²) in [7, 11) is 1.51. The molecule has 17 heavy (non-hydrogen) atoms. The summed E-state index contributed by atoms with van der Waals surface area (Å²) in [5.74, 6) is 0.465. The molecule has 0 spiro atoms. The third-order valence-corrected chi connectivity index (χ3v) is 2.36. The lowest BCUT2D eigenvalue weighted by atomic mass is 10.1. The Hall–Kier alpha value is -2.37. The third kappa shape index (κ3) is 2.10. The topological polar surface area (TPSA) is 87.8 Å². The largest absolute Gasteiger partial charge is 0.481 e. The van der Waals surface area contributed by atoms with Crippen molar-refractivity contribution in [2.24, 2.45) is 0 Å². The van der Waals surface area contributed by atoms with Gasteiger partial charge in [0.2, 0.25) is 5.88 Å². The fraction of sp³-hybridized carbons (Fsp3) is 0.182. The maximum absolute atomic E-state index is 11.7. The molecule has 0 aliphatic heterocycles. The van der Waals surface area contributed by atoms with E-state index < -0.39 is 11.2 Å². The van der Waals surface area contributed by atoms with Gasteiger partial charge in [0.1, 0.15) is 0 Å². The van der Waals surface area contributed by atoms with Crippen LogP contribution in [-0.4, -0.2) is 22.1 Å². The second kappa shape index (κ2) is 4.25. The third-order valence-electron chi connectivity index (χ3n) is 2.36. The minimum atomic E-state index is -0.516. The quantitative estimate of drug-likeness (QED) is 0.787. The lowest BCUT2D eigenvalue weighted by molar-refractivity contribution is 0.398. The van der Waals surface area contributed by atoms with Crippen LogP contribution < -0.4 is 16.0 Å². The first kappa shape index (κ1) is 11.1. The molecule has 0 fully saturated rings. The van der Waals surface area contributed by atoms with Crippen molar-refractivity contribution >= 4 is 0 Å². The van der Waals surface area contributed by atoms with Crippen molar-refractivity contribution in [2.45, 2.75) is 6.92 Å². The van der Waals surface area contributed by atoms with Crippen LogP contribution in [0.1, 0.15) is 5.69 Å². The van der Waals surface area contributed by atoms with Gasteiger partial charge < -0.3 is 9.72 Å². The van der Waals surface area contributed by atoms with Crippen LogP contribution in [0.4, 0.5) is 0 Å². The highest BCUT2D eigenvalue weighted by molar-refractivity contribution is 5.63. The van der Waals surface area contributed by atoms with E-state index >= 15 is 0 Å². The SMILES string of the molecule is COc1ccc(-c2c(C)[nH]c(=O)[nH]c2=O)cn1. The standard InChI is InChI=1S/C11H11N3O3/c1-6-9(10(15)14-11(16)13-6)7-3-4-8(17-2)12-5-7/h3-5H,1-2H3,(H2,13,14,15,16). The smallest absolute Gasteiger partial charge is 0.325 e. The van der Waals surface area contributed by atoms with Crippen LogP contribution in [0.2, 0.25) is 0 Å². The number of H-pyrrole nitrogens is 2. The zero-order valence-corrected chi connectivity index (χ0v) is 9.40. The van der Waals surface area contributed by atoms with Crippen LogP contribution in [0, 0.1) is 6.92 Å². The van der Waals surface area contributed by atoms with Gasteiger partial charge in [-0.25, -0.2) is 9.78 Å². The van der Waals surface area contributed by atoms with E-state index in [1.165, 1.54) is 13.3 Å². The average Bonchev–Trinajstić information content (AvgIpc) is 2.28. The van der Waals surface area contributed by atoms with Gasteiger partial charge in [0.05, 0.1) is 12.7 Å². The molecule has 6 heteroatoms. The van der Waals surface area contributed by atoms with E-state index in [9.17, 15) is 9.59 Å². The Morgan fingerprint density at radius 1 is 1.24 bits per heavy atom. The Bertz CT molecular complexity index is 640. The number of aryl methyl sites for hydroxylation is 1. The van der Waals surface area contributed by atoms with Crippen LogP contribution in [-0.2, 0) is 0 Å². The summed E-state index contributed by atoms with van der Waals surface area (Å²) in [6.07, 6.45) is 1.52. The molecule has 88 valence electrons. The van der Waals surface area contributed by atoms with Gasteiger partial charge in [0.15, 0.2) is 0 Å². The Morgan fingerprint density at radius 2 is 2.00 bits per heavy atom. The highest BCUT2D eigenvalue weighted by Gasteiger charge is 2.08. The van der Waals surface area contributed by atoms with Crippen molar-refractivity contribution in [3.05, 3.63) is 44.9 Å². The van der Waals surface area contributed by atoms with Gasteiger partial charge in [-0.3, -0.25) is 9.78 Å². The van der Waals surface area contributed by atoms with Crippen LogP contribution in [0.25, 0.3) is 11.1 Å². The Balaban J connectivity index is 2.60. The number of nitrogens with one attached hydrogen (secondary N) is 2. The van der Waals surface area contributed by atoms with Crippen molar-refractivity contribution < 1.29 is 4.74 Å². The molecule has 0 aliphatic rings. The number of rotatable bonds is 2. The fourth-order valence-electron chi connectivity index (χ4n) is 1.60. The van der Waals surface area contributed by atoms with Gasteiger partial charge in [0.25, 0.3) is 5.56 Å². The maximum atomic E-state index is 11.7. The number of ether oxygens (including phenoxy) is 1. The molecule has 0 aliphatic carbocycles. The zero-order valence-electron chi connectivity index (χ0n) is 9.40. The Kier molecular flexibility index (Phi) is 2.78. The van der Waals surface area contributed by atoms with Gasteiger partial charge >= 0.3 is 5.69 Å². The zero-order chi connectivity index (χ0) is 12.4. The van der Waals surface area contributed by atoms with Crippen molar-refractivity contribution in [1.82, 2.24) is 15.0 Å². The first-order valence-corrected chi connectivity index (χ1v) is 4.95. The molecule has 0 unspecified atom stereocenters. The summed E-state index contributed by atoms with van der Waals surface area (Å²) in [4.78, 5) is 31.5. The van der Waals surface area contributed by atoms with Crippen LogP contribution in [0.5, 0.6) is 5.88 Å². The van der Waals surface area contributed by atoms with E-state index in [4.69, 9.17) is 4.74 Å². The van der Waals surface area contributed by atoms with E-state index in [1.54, 1.807) is 19.1 Å². The second-order valence-electron chi connectivity index (χ2n) is 3.50. The monoisotopic (exact) mass is 233 g/mol. The van der Waals surface area contributed by atoms with Crippen LogP contribution in [0.15, 0.2) is 27.9 Å². The molecule has 6 nitrogen and oxygen atoms in total. The summed E-state index contributed by atoms with van der Waals surface area (Å²) in [5, 5.41) is 0. The minimum Gasteiger partial charge on any atom is -0.481 e. The van der Waals surface area contributed by atoms with Gasteiger partial charge in [-0.1, -0.05) is 0 Å². The molecule has 2 heterocycles. The highest BCUT2D eigenvalue weighted by atomic mass is 16.5. The fourth-order valence-corrected chi connectivity index (χ4v) is 1.60. The molecule has 2 aromatic heterocycles. The number of aromatic nitrogens is 3. The number of methoxy groups -OCH3 is 1. The van der Waals surface area contributed by atoms with Crippen LogP contribution in [0.3, 0.4) is 0 Å². The number of pyridine rings is 1. The number of hydrogen-bond acceptors (Lipinski definition) is 4. The average molecular weight is 233 g/mol.